The van der Waals surface area contributed by atoms with Gasteiger partial charge in [0.25, 0.3) is 5.91 Å². The molecule has 0 spiro atoms. The molecule has 2 aromatic rings. The fraction of sp³-hybridized carbons (Fsp3) is 0.158. The summed E-state index contributed by atoms with van der Waals surface area (Å²) in [5.41, 5.74) is 2.23. The van der Waals surface area contributed by atoms with Crippen LogP contribution in [0.1, 0.15) is 21.5 Å². The van der Waals surface area contributed by atoms with Gasteiger partial charge in [0, 0.05) is 12.1 Å². The Kier molecular flexibility index (Phi) is 4.55. The van der Waals surface area contributed by atoms with Crippen molar-refractivity contribution >= 4 is 17.6 Å². The summed E-state index contributed by atoms with van der Waals surface area (Å²) in [6.45, 7) is 10.4. The number of aromatic hydroxyl groups is 1. The minimum atomic E-state index is -0.571. The van der Waals surface area contributed by atoms with Gasteiger partial charge in [-0.25, -0.2) is 4.85 Å². The largest absolute Gasteiger partial charge is 0.507 e. The maximum absolute atomic E-state index is 12.8. The molecule has 128 valence electrons. The predicted octanol–water partition coefficient (Wildman–Crippen LogP) is 2.48. The lowest BCUT2D eigenvalue weighted by molar-refractivity contribution is 0.0974. The Morgan fingerprint density at radius 3 is 2.88 bits per heavy atom. The summed E-state index contributed by atoms with van der Waals surface area (Å²) < 4.78 is 0. The summed E-state index contributed by atoms with van der Waals surface area (Å²) in [5, 5.41) is 25.1. The van der Waals surface area contributed by atoms with E-state index in [9.17, 15) is 15.2 Å². The second-order valence-corrected chi connectivity index (χ2v) is 5.72. The lowest BCUT2D eigenvalue weighted by Crippen LogP contribution is -2.38. The molecule has 26 heavy (non-hydrogen) atoms. The maximum Gasteiger partial charge on any atom is 0.261 e. The van der Waals surface area contributed by atoms with Crippen LogP contribution in [0.2, 0.25) is 0 Å². The summed E-state index contributed by atoms with van der Waals surface area (Å²) >= 11 is 0. The second-order valence-electron chi connectivity index (χ2n) is 5.72. The van der Waals surface area contributed by atoms with Crippen molar-refractivity contribution in [3.05, 3.63) is 58.4 Å². The number of hydrogen-bond donors (Lipinski definition) is 3. The van der Waals surface area contributed by atoms with Crippen LogP contribution < -0.4 is 10.6 Å². The number of carbonyl (C=O) groups is 1. The minimum Gasteiger partial charge on any atom is -0.507 e. The number of nitrogens with zero attached hydrogens (tertiary/aromatic N) is 3. The lowest BCUT2D eigenvalue weighted by Gasteiger charge is -2.16. The van der Waals surface area contributed by atoms with Crippen molar-refractivity contribution in [3.8, 4) is 22.9 Å². The molecule has 2 aromatic carbocycles. The Balaban J connectivity index is 2.21. The molecular weight excluding hydrogens is 330 g/mol. The van der Waals surface area contributed by atoms with Crippen molar-refractivity contribution < 1.29 is 9.90 Å². The third-order valence-electron chi connectivity index (χ3n) is 4.05. The van der Waals surface area contributed by atoms with E-state index in [0.717, 1.165) is 5.56 Å². The van der Waals surface area contributed by atoms with E-state index in [4.69, 9.17) is 6.57 Å². The zero-order chi connectivity index (χ0) is 18.7. The molecule has 7 nitrogen and oxygen atoms in total. The molecule has 0 atom stereocenters. The highest BCUT2D eigenvalue weighted by Crippen LogP contribution is 2.40. The van der Waals surface area contributed by atoms with E-state index in [-0.39, 0.29) is 17.0 Å². The number of guanidine groups is 1. The molecule has 0 unspecified atom stereocenters. The molecule has 3 N–H and O–H groups in total. The first-order valence-electron chi connectivity index (χ1n) is 7.89. The predicted molar refractivity (Wildman–Crippen MR) is 97.0 cm³/mol. The third kappa shape index (κ3) is 3.06. The van der Waals surface area contributed by atoms with E-state index in [2.05, 4.69) is 26.5 Å². The van der Waals surface area contributed by atoms with E-state index in [1.54, 1.807) is 18.2 Å². The number of nitriles is 1. The van der Waals surface area contributed by atoms with Crippen LogP contribution in [0.15, 0.2) is 35.3 Å². The lowest BCUT2D eigenvalue weighted by atomic mass is 9.92. The average molecular weight is 345 g/mol. The van der Waals surface area contributed by atoms with Gasteiger partial charge >= 0.3 is 0 Å². The molecule has 3 rings (SSSR count). The Bertz CT molecular complexity index is 1010. The van der Waals surface area contributed by atoms with Gasteiger partial charge in [0.2, 0.25) is 0 Å². The summed E-state index contributed by atoms with van der Waals surface area (Å²) in [6, 6.07) is 9.85. The number of amides is 1. The van der Waals surface area contributed by atoms with Crippen LogP contribution in [0.4, 0.5) is 5.69 Å². The SMILES string of the molecule is [C-]#[N+]c1ccc(O)c(C(=O)NC2=NCCN2)c1-c1cc(C#N)ccc1C. The van der Waals surface area contributed by atoms with E-state index >= 15 is 0 Å². The molecule has 1 amide bonds. The van der Waals surface area contributed by atoms with Crippen molar-refractivity contribution in [1.82, 2.24) is 10.6 Å². The normalized spacial score (nSPS) is 12.5. The monoisotopic (exact) mass is 345 g/mol. The first kappa shape index (κ1) is 17.0. The summed E-state index contributed by atoms with van der Waals surface area (Å²) in [5.74, 6) is -0.487. The topological polar surface area (TPSA) is 102 Å². The number of phenols is 1. The molecule has 0 aliphatic carbocycles. The molecule has 0 fully saturated rings. The van der Waals surface area contributed by atoms with E-state index < -0.39 is 5.91 Å². The summed E-state index contributed by atoms with van der Waals surface area (Å²) in [6.07, 6.45) is 0. The van der Waals surface area contributed by atoms with Crippen LogP contribution in [-0.2, 0) is 0 Å². The third-order valence-corrected chi connectivity index (χ3v) is 4.05. The van der Waals surface area contributed by atoms with E-state index in [1.807, 2.05) is 6.92 Å². The van der Waals surface area contributed by atoms with Gasteiger partial charge in [-0.15, -0.1) is 0 Å². The molecule has 0 radical (unpaired) electrons. The first-order valence-corrected chi connectivity index (χ1v) is 7.89. The second kappa shape index (κ2) is 6.96. The van der Waals surface area contributed by atoms with Crippen molar-refractivity contribution in [1.29, 1.82) is 5.26 Å². The molecule has 7 heteroatoms. The molecule has 0 saturated heterocycles. The number of aliphatic imine (C=N–C) groups is 1. The Morgan fingerprint density at radius 2 is 2.23 bits per heavy atom. The van der Waals surface area contributed by atoms with E-state index in [0.29, 0.717) is 35.7 Å². The number of nitrogens with one attached hydrogen (secondary N) is 2. The highest BCUT2D eigenvalue weighted by atomic mass is 16.3. The quantitative estimate of drug-likeness (QED) is 0.728. The molecular formula is C19H15N5O2. The minimum absolute atomic E-state index is 0.0203. The van der Waals surface area contributed by atoms with Gasteiger partial charge in [0.05, 0.1) is 30.3 Å². The number of aryl methyl sites for hydroxylation is 1. The van der Waals surface area contributed by atoms with Gasteiger partial charge in [0.1, 0.15) is 5.75 Å². The number of phenolic OH excluding ortho intramolecular Hbond substituents is 1. The molecule has 0 aromatic heterocycles. The van der Waals surface area contributed by atoms with Crippen molar-refractivity contribution in [2.75, 3.05) is 13.1 Å². The highest BCUT2D eigenvalue weighted by molar-refractivity contribution is 6.13. The standard InChI is InChI=1S/C19H15N5O2/c1-11-3-4-12(10-20)9-13(11)16-14(21-2)5-6-15(25)17(16)18(26)24-19-22-7-8-23-19/h3-6,9,25H,7-8H2,1H3,(H2,22,23,24,26). The summed E-state index contributed by atoms with van der Waals surface area (Å²) in [4.78, 5) is 20.4. The summed E-state index contributed by atoms with van der Waals surface area (Å²) in [7, 11) is 0. The molecule has 1 aliphatic rings. The van der Waals surface area contributed by atoms with Crippen molar-refractivity contribution in [2.24, 2.45) is 4.99 Å². The Hall–Kier alpha value is -3.84. The van der Waals surface area contributed by atoms with Crippen LogP contribution >= 0.6 is 0 Å². The highest BCUT2D eigenvalue weighted by Gasteiger charge is 2.23. The Labute approximate surface area is 150 Å². The van der Waals surface area contributed by atoms with Crippen LogP contribution in [0, 0.1) is 24.8 Å². The first-order chi connectivity index (χ1) is 12.5. The van der Waals surface area contributed by atoms with Crippen LogP contribution in [0.25, 0.3) is 16.0 Å². The molecule has 0 saturated carbocycles. The zero-order valence-electron chi connectivity index (χ0n) is 14.0. The van der Waals surface area contributed by atoms with Crippen LogP contribution in [-0.4, -0.2) is 30.1 Å². The van der Waals surface area contributed by atoms with Gasteiger partial charge in [-0.2, -0.15) is 5.26 Å². The van der Waals surface area contributed by atoms with Gasteiger partial charge < -0.3 is 10.4 Å². The zero-order valence-corrected chi connectivity index (χ0v) is 14.0. The fourth-order valence-electron chi connectivity index (χ4n) is 2.79. The van der Waals surface area contributed by atoms with Crippen molar-refractivity contribution in [2.45, 2.75) is 6.92 Å². The number of hydrogen-bond acceptors (Lipinski definition) is 5. The molecule has 0 bridgehead atoms. The van der Waals surface area contributed by atoms with Crippen LogP contribution in [0.5, 0.6) is 5.75 Å². The van der Waals surface area contributed by atoms with E-state index in [1.165, 1.54) is 12.1 Å². The van der Waals surface area contributed by atoms with Gasteiger partial charge in [-0.3, -0.25) is 15.1 Å². The number of benzene rings is 2. The number of carbonyl (C=O) groups excluding carboxylic acids is 1. The smallest absolute Gasteiger partial charge is 0.261 e. The van der Waals surface area contributed by atoms with Gasteiger partial charge in [-0.1, -0.05) is 12.1 Å². The van der Waals surface area contributed by atoms with Crippen molar-refractivity contribution in [3.63, 3.8) is 0 Å². The van der Waals surface area contributed by atoms with Crippen LogP contribution in [0.3, 0.4) is 0 Å². The average Bonchev–Trinajstić information content (AvgIpc) is 3.14. The van der Waals surface area contributed by atoms with Gasteiger partial charge in [-0.05, 0) is 36.2 Å². The van der Waals surface area contributed by atoms with Gasteiger partial charge in [0.15, 0.2) is 11.6 Å². The number of rotatable bonds is 2. The Morgan fingerprint density at radius 1 is 1.42 bits per heavy atom. The fourth-order valence-corrected chi connectivity index (χ4v) is 2.79. The maximum atomic E-state index is 12.8. The molecule has 1 heterocycles. The molecule has 1 aliphatic heterocycles.